The van der Waals surface area contributed by atoms with Crippen LogP contribution in [-0.2, 0) is 17.9 Å². The van der Waals surface area contributed by atoms with Gasteiger partial charge in [0.1, 0.15) is 18.2 Å². The Balaban J connectivity index is 1.73. The molecule has 178 valence electrons. The van der Waals surface area contributed by atoms with Gasteiger partial charge in [0.2, 0.25) is 5.69 Å². The normalized spacial score (nSPS) is 16.8. The Bertz CT molecular complexity index is 1680. The van der Waals surface area contributed by atoms with Crippen LogP contribution < -0.4 is 4.57 Å². The van der Waals surface area contributed by atoms with Crippen molar-refractivity contribution in [3.63, 3.8) is 0 Å². The summed E-state index contributed by atoms with van der Waals surface area (Å²) < 4.78 is 9.01. The fourth-order valence-corrected chi connectivity index (χ4v) is 6.63. The molecule has 0 saturated carbocycles. The molecule has 0 N–H and O–H groups in total. The molecule has 2 nitrogen and oxygen atoms in total. The number of aryl methyl sites for hydroxylation is 4. The van der Waals surface area contributed by atoms with Crippen LogP contribution in [0.3, 0.4) is 0 Å². The highest BCUT2D eigenvalue weighted by molar-refractivity contribution is 6.15. The second-order valence-electron chi connectivity index (χ2n) is 12.2. The monoisotopic (exact) mass is 462 g/mol. The standard InChI is InChI=1S/C33H36NO/c1-19-9-12-26(34(8)18-19)29-21(3)15-20(2)28-24-16-22-10-11-25-30(23(22)17-27(24)35-31(28)29)33(6,7)14-13-32(25,4)5/h9-12,15-18H,13-14H2,1-8H3/q+1. The van der Waals surface area contributed by atoms with E-state index < -0.39 is 0 Å². The molecule has 0 saturated heterocycles. The predicted molar refractivity (Wildman–Crippen MR) is 147 cm³/mol. The lowest BCUT2D eigenvalue weighted by molar-refractivity contribution is -0.660. The molecule has 3 aromatic carbocycles. The highest BCUT2D eigenvalue weighted by Gasteiger charge is 2.38. The molecular formula is C33H36NO+. The van der Waals surface area contributed by atoms with Gasteiger partial charge in [-0.2, -0.15) is 0 Å². The predicted octanol–water partition coefficient (Wildman–Crippen LogP) is 8.50. The number of fused-ring (bicyclic) bond motifs is 6. The Morgan fingerprint density at radius 3 is 2.29 bits per heavy atom. The second kappa shape index (κ2) is 7.20. The van der Waals surface area contributed by atoms with Gasteiger partial charge in [-0.25, -0.2) is 4.57 Å². The molecule has 35 heavy (non-hydrogen) atoms. The summed E-state index contributed by atoms with van der Waals surface area (Å²) in [6.07, 6.45) is 4.62. The quantitative estimate of drug-likeness (QED) is 0.228. The number of pyridine rings is 1. The first-order valence-corrected chi connectivity index (χ1v) is 12.9. The van der Waals surface area contributed by atoms with E-state index in [0.717, 1.165) is 11.2 Å². The van der Waals surface area contributed by atoms with E-state index in [4.69, 9.17) is 4.42 Å². The summed E-state index contributed by atoms with van der Waals surface area (Å²) in [6.45, 7) is 16.2. The molecule has 2 heteroatoms. The maximum atomic E-state index is 6.79. The minimum Gasteiger partial charge on any atom is -0.455 e. The van der Waals surface area contributed by atoms with Crippen LogP contribution in [0.5, 0.6) is 0 Å². The number of furan rings is 1. The molecule has 0 bridgehead atoms. The van der Waals surface area contributed by atoms with Crippen molar-refractivity contribution >= 4 is 32.7 Å². The summed E-state index contributed by atoms with van der Waals surface area (Å²) in [5.41, 5.74) is 11.5. The maximum Gasteiger partial charge on any atom is 0.216 e. The molecule has 0 aliphatic heterocycles. The summed E-state index contributed by atoms with van der Waals surface area (Å²) >= 11 is 0. The van der Waals surface area contributed by atoms with Crippen LogP contribution in [0.15, 0.2) is 53.1 Å². The van der Waals surface area contributed by atoms with Crippen LogP contribution in [-0.4, -0.2) is 0 Å². The summed E-state index contributed by atoms with van der Waals surface area (Å²) in [5, 5.41) is 5.12. The zero-order chi connectivity index (χ0) is 24.9. The molecule has 0 atom stereocenters. The van der Waals surface area contributed by atoms with E-state index in [1.165, 1.54) is 73.5 Å². The van der Waals surface area contributed by atoms with Gasteiger partial charge in [0.15, 0.2) is 6.20 Å². The van der Waals surface area contributed by atoms with E-state index in [2.05, 4.69) is 109 Å². The number of hydrogen-bond acceptors (Lipinski definition) is 1. The molecule has 5 aromatic rings. The summed E-state index contributed by atoms with van der Waals surface area (Å²) in [5.74, 6) is 0. The average molecular weight is 463 g/mol. The lowest BCUT2D eigenvalue weighted by Gasteiger charge is -2.42. The van der Waals surface area contributed by atoms with Crippen LogP contribution in [0, 0.1) is 20.8 Å². The third-order valence-electron chi connectivity index (χ3n) is 8.60. The third-order valence-corrected chi connectivity index (χ3v) is 8.60. The Hall–Kier alpha value is -3.13. The third kappa shape index (κ3) is 3.19. The lowest BCUT2D eigenvalue weighted by atomic mass is 9.62. The van der Waals surface area contributed by atoms with E-state index in [9.17, 15) is 0 Å². The van der Waals surface area contributed by atoms with Gasteiger partial charge in [-0.15, -0.1) is 0 Å². The van der Waals surface area contributed by atoms with E-state index in [1.54, 1.807) is 0 Å². The fraction of sp³-hybridized carbons (Fsp3) is 0.364. The SMILES string of the molecule is Cc1ccc(-c2c(C)cc(C)c3c2oc2cc4c5c(ccc4cc23)C(C)(C)CCC5(C)C)[n+](C)c1. The average Bonchev–Trinajstić information content (AvgIpc) is 3.14. The van der Waals surface area contributed by atoms with Crippen molar-refractivity contribution in [3.05, 3.63) is 76.5 Å². The van der Waals surface area contributed by atoms with Crippen molar-refractivity contribution in [2.24, 2.45) is 7.05 Å². The molecule has 6 rings (SSSR count). The molecule has 0 radical (unpaired) electrons. The molecule has 2 heterocycles. The van der Waals surface area contributed by atoms with Crippen LogP contribution in [0.2, 0.25) is 0 Å². The Kier molecular flexibility index (Phi) is 4.59. The molecule has 0 amide bonds. The Labute approximate surface area is 208 Å². The zero-order valence-electron chi connectivity index (χ0n) is 22.4. The van der Waals surface area contributed by atoms with Crippen LogP contribution >= 0.6 is 0 Å². The number of rotatable bonds is 1. The maximum absolute atomic E-state index is 6.79. The smallest absolute Gasteiger partial charge is 0.216 e. The van der Waals surface area contributed by atoms with Gasteiger partial charge < -0.3 is 4.42 Å². The molecule has 0 unspecified atom stereocenters. The second-order valence-corrected chi connectivity index (χ2v) is 12.2. The van der Waals surface area contributed by atoms with Crippen molar-refractivity contribution in [2.45, 2.75) is 72.1 Å². The first-order chi connectivity index (χ1) is 16.5. The first kappa shape index (κ1) is 22.3. The Morgan fingerprint density at radius 1 is 0.800 bits per heavy atom. The zero-order valence-corrected chi connectivity index (χ0v) is 22.4. The van der Waals surface area contributed by atoms with E-state index in [1.807, 2.05) is 0 Å². The van der Waals surface area contributed by atoms with Gasteiger partial charge in [-0.1, -0.05) is 45.9 Å². The van der Waals surface area contributed by atoms with E-state index in [-0.39, 0.29) is 10.8 Å². The summed E-state index contributed by atoms with van der Waals surface area (Å²) in [6, 6.07) is 16.2. The van der Waals surface area contributed by atoms with Gasteiger partial charge in [0, 0.05) is 22.4 Å². The minimum atomic E-state index is 0.150. The molecule has 1 aliphatic rings. The molecular weight excluding hydrogens is 426 g/mol. The number of aromatic nitrogens is 1. The minimum absolute atomic E-state index is 0.150. The van der Waals surface area contributed by atoms with Gasteiger partial charge in [-0.3, -0.25) is 0 Å². The van der Waals surface area contributed by atoms with Crippen molar-refractivity contribution in [1.82, 2.24) is 0 Å². The van der Waals surface area contributed by atoms with Crippen LogP contribution in [0.25, 0.3) is 44.0 Å². The summed E-state index contributed by atoms with van der Waals surface area (Å²) in [4.78, 5) is 0. The van der Waals surface area contributed by atoms with Crippen LogP contribution in [0.4, 0.5) is 0 Å². The van der Waals surface area contributed by atoms with Gasteiger partial charge in [0.05, 0.1) is 5.56 Å². The largest absolute Gasteiger partial charge is 0.455 e. The van der Waals surface area contributed by atoms with Gasteiger partial charge >= 0.3 is 0 Å². The number of hydrogen-bond donors (Lipinski definition) is 0. The number of nitrogens with zero attached hydrogens (tertiary/aromatic N) is 1. The van der Waals surface area contributed by atoms with Crippen molar-refractivity contribution < 1.29 is 8.98 Å². The van der Waals surface area contributed by atoms with Gasteiger partial charge in [-0.05, 0) is 95.7 Å². The highest BCUT2D eigenvalue weighted by atomic mass is 16.3. The lowest BCUT2D eigenvalue weighted by Crippen LogP contribution is -2.34. The highest BCUT2D eigenvalue weighted by Crippen LogP contribution is 2.49. The molecule has 1 aliphatic carbocycles. The Morgan fingerprint density at radius 2 is 1.54 bits per heavy atom. The molecule has 0 fully saturated rings. The van der Waals surface area contributed by atoms with E-state index in [0.29, 0.717) is 0 Å². The van der Waals surface area contributed by atoms with Crippen molar-refractivity contribution in [2.75, 3.05) is 0 Å². The van der Waals surface area contributed by atoms with Crippen molar-refractivity contribution in [1.29, 1.82) is 0 Å². The van der Waals surface area contributed by atoms with E-state index >= 15 is 0 Å². The molecule has 2 aromatic heterocycles. The topological polar surface area (TPSA) is 17.0 Å². The number of benzene rings is 3. The van der Waals surface area contributed by atoms with Crippen LogP contribution in [0.1, 0.15) is 68.4 Å². The molecule has 0 spiro atoms. The van der Waals surface area contributed by atoms with Crippen molar-refractivity contribution in [3.8, 4) is 11.3 Å². The summed E-state index contributed by atoms with van der Waals surface area (Å²) in [7, 11) is 2.13. The fourth-order valence-electron chi connectivity index (χ4n) is 6.63. The first-order valence-electron chi connectivity index (χ1n) is 12.9. The van der Waals surface area contributed by atoms with Gasteiger partial charge in [0.25, 0.3) is 0 Å².